The Morgan fingerprint density at radius 1 is 0.964 bits per heavy atom. The molecule has 2 aliphatic rings. The smallest absolute Gasteiger partial charge is 0.277 e. The Morgan fingerprint density at radius 2 is 1.79 bits per heavy atom. The Kier molecular flexibility index (Phi) is 3.17. The van der Waals surface area contributed by atoms with Crippen molar-refractivity contribution in [2.24, 2.45) is 4.99 Å². The van der Waals surface area contributed by atoms with Gasteiger partial charge in [0.2, 0.25) is 0 Å². The molecule has 3 aromatic rings. The van der Waals surface area contributed by atoms with Gasteiger partial charge in [-0.1, -0.05) is 12.1 Å². The summed E-state index contributed by atoms with van der Waals surface area (Å²) in [7, 11) is -4.03. The number of benzene rings is 3. The topological polar surface area (TPSA) is 128 Å². The standard InChI is InChI=1S/C19H11N3O5S/c23-17-10-5-4-9(8-13(10)19(25)21-17)22-28(26,27)15-7-6-14-16-11(15)2-1-3-12(16)18(24)20-14/h1-8,22H,(H,20,24)(H,21,23,25)/p-1. The maximum absolute atomic E-state index is 13.0. The molecule has 0 saturated heterocycles. The molecule has 0 spiro atoms. The van der Waals surface area contributed by atoms with E-state index >= 15 is 0 Å². The number of carbonyl (C=O) groups is 2. The van der Waals surface area contributed by atoms with E-state index in [1.54, 1.807) is 18.2 Å². The first kappa shape index (κ1) is 16.5. The number of aliphatic imine (C=N–C) groups is 1. The molecule has 0 unspecified atom stereocenters. The molecule has 2 heterocycles. The van der Waals surface area contributed by atoms with Gasteiger partial charge >= 0.3 is 0 Å². The summed E-state index contributed by atoms with van der Waals surface area (Å²) in [6.07, 6.45) is 0. The molecule has 0 aliphatic carbocycles. The summed E-state index contributed by atoms with van der Waals surface area (Å²) in [5.41, 5.74) is 1.29. The van der Waals surface area contributed by atoms with Crippen molar-refractivity contribution in [2.75, 3.05) is 10.0 Å². The fourth-order valence-electron chi connectivity index (χ4n) is 3.49. The summed E-state index contributed by atoms with van der Waals surface area (Å²) in [6.45, 7) is 0. The number of fused-ring (bicyclic) bond motifs is 1. The monoisotopic (exact) mass is 392 g/mol. The quantitative estimate of drug-likeness (QED) is 0.698. The van der Waals surface area contributed by atoms with Gasteiger partial charge in [0.25, 0.3) is 21.8 Å². The lowest BCUT2D eigenvalue weighted by atomic mass is 10.1. The van der Waals surface area contributed by atoms with E-state index in [4.69, 9.17) is 0 Å². The van der Waals surface area contributed by atoms with Crippen LogP contribution in [0.4, 0.5) is 11.4 Å². The molecular formula is C19H10N3O5S-. The number of anilines is 2. The zero-order valence-corrected chi connectivity index (χ0v) is 14.8. The largest absolute Gasteiger partial charge is 0.858 e. The zero-order valence-electron chi connectivity index (χ0n) is 14.0. The van der Waals surface area contributed by atoms with Gasteiger partial charge in [-0.2, -0.15) is 0 Å². The van der Waals surface area contributed by atoms with E-state index in [1.165, 1.54) is 30.3 Å². The summed E-state index contributed by atoms with van der Waals surface area (Å²) in [5, 5.41) is 15.4. The molecule has 0 bridgehead atoms. The Labute approximate surface area is 158 Å². The van der Waals surface area contributed by atoms with Gasteiger partial charge in [0.1, 0.15) is 0 Å². The minimum absolute atomic E-state index is 0.00260. The Hall–Kier alpha value is -3.72. The van der Waals surface area contributed by atoms with Gasteiger partial charge in [-0.05, 0) is 42.3 Å². The lowest BCUT2D eigenvalue weighted by molar-refractivity contribution is -0.212. The maximum atomic E-state index is 13.0. The SMILES string of the molecule is O=C1N=C([O-])c2cc(NS(=O)(=O)c3ccc4c5c(cccc35)C(=O)N4)ccc21. The summed E-state index contributed by atoms with van der Waals surface area (Å²) < 4.78 is 28.4. The zero-order chi connectivity index (χ0) is 19.6. The predicted octanol–water partition coefficient (Wildman–Crippen LogP) is 1.47. The summed E-state index contributed by atoms with van der Waals surface area (Å²) in [5.74, 6) is -1.62. The van der Waals surface area contributed by atoms with Crippen LogP contribution in [0.25, 0.3) is 10.8 Å². The van der Waals surface area contributed by atoms with Crippen LogP contribution in [0.5, 0.6) is 0 Å². The van der Waals surface area contributed by atoms with Crippen LogP contribution >= 0.6 is 0 Å². The number of hydrogen-bond donors (Lipinski definition) is 2. The Balaban J connectivity index is 1.61. The van der Waals surface area contributed by atoms with Gasteiger partial charge < -0.3 is 10.4 Å². The maximum Gasteiger partial charge on any atom is 0.277 e. The molecule has 2 aliphatic heterocycles. The lowest BCUT2D eigenvalue weighted by Crippen LogP contribution is -2.18. The first-order chi connectivity index (χ1) is 13.3. The number of amides is 2. The van der Waals surface area contributed by atoms with Crippen molar-refractivity contribution in [1.82, 2.24) is 0 Å². The molecular weight excluding hydrogens is 382 g/mol. The van der Waals surface area contributed by atoms with Gasteiger partial charge in [0.05, 0.1) is 4.90 Å². The minimum atomic E-state index is -4.03. The normalized spacial score (nSPS) is 14.8. The van der Waals surface area contributed by atoms with Crippen LogP contribution in [0.15, 0.2) is 58.4 Å². The Bertz CT molecular complexity index is 1380. The number of hydrogen-bond acceptors (Lipinski definition) is 5. The van der Waals surface area contributed by atoms with Crippen molar-refractivity contribution in [3.8, 4) is 0 Å². The molecule has 2 amide bonds. The predicted molar refractivity (Wildman–Crippen MR) is 100 cm³/mol. The lowest BCUT2D eigenvalue weighted by Gasteiger charge is -2.13. The molecule has 0 saturated carbocycles. The van der Waals surface area contributed by atoms with Gasteiger partial charge in [-0.25, -0.2) is 13.4 Å². The second-order valence-corrected chi connectivity index (χ2v) is 8.03. The third-order valence-corrected chi connectivity index (χ3v) is 6.16. The highest BCUT2D eigenvalue weighted by atomic mass is 32.2. The molecule has 5 rings (SSSR count). The fraction of sp³-hybridized carbons (Fsp3) is 0. The third kappa shape index (κ3) is 2.23. The molecule has 0 radical (unpaired) electrons. The molecule has 2 N–H and O–H groups in total. The van der Waals surface area contributed by atoms with Gasteiger partial charge in [0.15, 0.2) is 0 Å². The van der Waals surface area contributed by atoms with E-state index in [9.17, 15) is 23.1 Å². The fourth-order valence-corrected chi connectivity index (χ4v) is 4.75. The van der Waals surface area contributed by atoms with E-state index < -0.39 is 21.8 Å². The van der Waals surface area contributed by atoms with Crippen LogP contribution in [0, 0.1) is 0 Å². The number of carbonyl (C=O) groups excluding carboxylic acids is 2. The number of nitrogens with one attached hydrogen (secondary N) is 2. The minimum Gasteiger partial charge on any atom is -0.858 e. The number of nitrogens with zero attached hydrogens (tertiary/aromatic N) is 1. The van der Waals surface area contributed by atoms with Crippen molar-refractivity contribution in [3.05, 3.63) is 65.2 Å². The molecule has 9 heteroatoms. The second kappa shape index (κ2) is 5.40. The van der Waals surface area contributed by atoms with Crippen LogP contribution in [0.3, 0.4) is 0 Å². The first-order valence-electron chi connectivity index (χ1n) is 8.19. The van der Waals surface area contributed by atoms with Crippen LogP contribution in [0.2, 0.25) is 0 Å². The second-order valence-electron chi connectivity index (χ2n) is 6.38. The molecule has 0 aromatic heterocycles. The third-order valence-electron chi connectivity index (χ3n) is 4.72. The van der Waals surface area contributed by atoms with E-state index in [2.05, 4.69) is 15.0 Å². The highest BCUT2D eigenvalue weighted by Crippen LogP contribution is 2.37. The van der Waals surface area contributed by atoms with Crippen LogP contribution in [-0.4, -0.2) is 26.1 Å². The van der Waals surface area contributed by atoms with Crippen molar-refractivity contribution in [3.63, 3.8) is 0 Å². The summed E-state index contributed by atoms with van der Waals surface area (Å²) in [6, 6.07) is 11.9. The van der Waals surface area contributed by atoms with Crippen molar-refractivity contribution in [2.45, 2.75) is 4.90 Å². The van der Waals surface area contributed by atoms with Crippen molar-refractivity contribution < 1.29 is 23.1 Å². The van der Waals surface area contributed by atoms with Crippen LogP contribution in [-0.2, 0) is 10.0 Å². The molecule has 8 nitrogen and oxygen atoms in total. The van der Waals surface area contributed by atoms with Gasteiger partial charge in [-0.15, -0.1) is 0 Å². The van der Waals surface area contributed by atoms with E-state index in [1.807, 2.05) is 0 Å². The van der Waals surface area contributed by atoms with E-state index in [-0.39, 0.29) is 27.6 Å². The van der Waals surface area contributed by atoms with Crippen LogP contribution in [0.1, 0.15) is 26.3 Å². The Morgan fingerprint density at radius 3 is 2.61 bits per heavy atom. The van der Waals surface area contributed by atoms with Crippen molar-refractivity contribution >= 4 is 49.9 Å². The number of sulfonamides is 1. The number of rotatable bonds is 3. The first-order valence-corrected chi connectivity index (χ1v) is 9.68. The van der Waals surface area contributed by atoms with E-state index in [0.29, 0.717) is 22.0 Å². The molecule has 0 atom stereocenters. The molecule has 28 heavy (non-hydrogen) atoms. The highest BCUT2D eigenvalue weighted by Gasteiger charge is 2.27. The van der Waals surface area contributed by atoms with Gasteiger partial charge in [-0.3, -0.25) is 14.3 Å². The molecule has 0 fully saturated rings. The average molecular weight is 392 g/mol. The summed E-state index contributed by atoms with van der Waals surface area (Å²) >= 11 is 0. The average Bonchev–Trinajstić information content (AvgIpc) is 3.13. The molecule has 3 aromatic carbocycles. The van der Waals surface area contributed by atoms with Crippen LogP contribution < -0.4 is 15.1 Å². The van der Waals surface area contributed by atoms with E-state index in [0.717, 1.165) is 0 Å². The van der Waals surface area contributed by atoms with Gasteiger partial charge in [0, 0.05) is 38.8 Å². The van der Waals surface area contributed by atoms with Crippen molar-refractivity contribution in [1.29, 1.82) is 0 Å². The summed E-state index contributed by atoms with van der Waals surface area (Å²) in [4.78, 5) is 26.9. The highest BCUT2D eigenvalue weighted by molar-refractivity contribution is 7.93. The molecule has 138 valence electrons.